The third kappa shape index (κ3) is 1.73. The van der Waals surface area contributed by atoms with E-state index in [-0.39, 0.29) is 0 Å². The van der Waals surface area contributed by atoms with Crippen molar-refractivity contribution in [2.45, 2.75) is 13.8 Å². The van der Waals surface area contributed by atoms with Crippen molar-refractivity contribution in [3.8, 4) is 0 Å². The average molecular weight is 109 g/mol. The Hall–Kier alpha value is -0.850. The normalized spacial score (nSPS) is 12.2. The van der Waals surface area contributed by atoms with Crippen molar-refractivity contribution in [3.05, 3.63) is 23.8 Å². The van der Waals surface area contributed by atoms with Gasteiger partial charge in [0.2, 0.25) is 0 Å². The summed E-state index contributed by atoms with van der Waals surface area (Å²) < 4.78 is 0. The molecule has 1 N–H and O–H groups in total. The number of nitrogens with one attached hydrogen (secondary N) is 1. The summed E-state index contributed by atoms with van der Waals surface area (Å²) in [5.41, 5.74) is 2.04. The monoisotopic (exact) mass is 109 g/mol. The number of hydrogen-bond acceptors (Lipinski definition) is 1. The van der Waals surface area contributed by atoms with Crippen LogP contribution in [0, 0.1) is 5.41 Å². The zero-order chi connectivity index (χ0) is 6.57. The molecule has 0 atom stereocenters. The summed E-state index contributed by atoms with van der Waals surface area (Å²) in [6, 6.07) is 0. The predicted octanol–water partition coefficient (Wildman–Crippen LogP) is 2.16. The minimum Gasteiger partial charge on any atom is -0.308 e. The molecule has 0 aromatic carbocycles. The van der Waals surface area contributed by atoms with Crippen molar-refractivity contribution in [2.24, 2.45) is 0 Å². The first-order valence-corrected chi connectivity index (χ1v) is 2.52. The van der Waals surface area contributed by atoms with Crippen LogP contribution < -0.4 is 0 Å². The fourth-order valence-corrected chi connectivity index (χ4v) is 0.275. The van der Waals surface area contributed by atoms with Gasteiger partial charge in [-0.05, 0) is 25.0 Å². The van der Waals surface area contributed by atoms with E-state index in [1.165, 1.54) is 6.21 Å². The molecule has 0 aliphatic heterocycles. The lowest BCUT2D eigenvalue weighted by Crippen LogP contribution is -1.78. The molecule has 8 heavy (non-hydrogen) atoms. The molecule has 0 saturated heterocycles. The summed E-state index contributed by atoms with van der Waals surface area (Å²) in [5, 5.41) is 6.81. The molecule has 0 heterocycles. The highest BCUT2D eigenvalue weighted by Gasteiger charge is 1.83. The topological polar surface area (TPSA) is 23.9 Å². The number of hydrogen-bond donors (Lipinski definition) is 1. The molecular weight excluding hydrogens is 98.1 g/mol. The van der Waals surface area contributed by atoms with Crippen LogP contribution in [0.5, 0.6) is 0 Å². The van der Waals surface area contributed by atoms with Crippen molar-refractivity contribution in [1.29, 1.82) is 5.41 Å². The van der Waals surface area contributed by atoms with Crippen molar-refractivity contribution >= 4 is 6.21 Å². The third-order valence-electron chi connectivity index (χ3n) is 1.14. The first kappa shape index (κ1) is 7.15. The molecule has 0 aromatic heterocycles. The van der Waals surface area contributed by atoms with Crippen molar-refractivity contribution in [1.82, 2.24) is 0 Å². The second kappa shape index (κ2) is 3.19. The Balaban J connectivity index is 4.25. The largest absolute Gasteiger partial charge is 0.308 e. The Bertz CT molecular complexity index is 115. The first-order valence-electron chi connectivity index (χ1n) is 2.52. The van der Waals surface area contributed by atoms with Gasteiger partial charge in [-0.1, -0.05) is 12.7 Å². The average Bonchev–Trinajstić information content (AvgIpc) is 1.84. The summed E-state index contributed by atoms with van der Waals surface area (Å²) >= 11 is 0. The number of rotatable bonds is 2. The van der Waals surface area contributed by atoms with Gasteiger partial charge in [0.25, 0.3) is 0 Å². The standard InChI is InChI=1S/C7H11N/c1-4-6(2)7(3)5-8/h4-5,8H,1H2,2-3H3/b7-6+,8-5?. The fourth-order valence-electron chi connectivity index (χ4n) is 0.275. The molecule has 0 saturated carbocycles. The summed E-state index contributed by atoms with van der Waals surface area (Å²) in [6.07, 6.45) is 3.08. The van der Waals surface area contributed by atoms with Crippen molar-refractivity contribution in [2.75, 3.05) is 0 Å². The highest BCUT2D eigenvalue weighted by Crippen LogP contribution is 1.99. The van der Waals surface area contributed by atoms with Gasteiger partial charge in [0.1, 0.15) is 0 Å². The first-order chi connectivity index (χ1) is 3.72. The van der Waals surface area contributed by atoms with Gasteiger partial charge in [0, 0.05) is 6.21 Å². The Morgan fingerprint density at radius 3 is 2.00 bits per heavy atom. The van der Waals surface area contributed by atoms with E-state index in [2.05, 4.69) is 6.58 Å². The molecule has 0 radical (unpaired) electrons. The molecular formula is C7H11N. The van der Waals surface area contributed by atoms with Gasteiger partial charge in [0.15, 0.2) is 0 Å². The smallest absolute Gasteiger partial charge is 0.0209 e. The van der Waals surface area contributed by atoms with E-state index in [1.54, 1.807) is 6.08 Å². The summed E-state index contributed by atoms with van der Waals surface area (Å²) in [4.78, 5) is 0. The van der Waals surface area contributed by atoms with Gasteiger partial charge in [-0.3, -0.25) is 0 Å². The number of allylic oxidation sites excluding steroid dienone is 3. The second-order valence-electron chi connectivity index (χ2n) is 1.71. The summed E-state index contributed by atoms with van der Waals surface area (Å²) in [7, 11) is 0. The van der Waals surface area contributed by atoms with Crippen molar-refractivity contribution < 1.29 is 0 Å². The maximum atomic E-state index is 6.81. The van der Waals surface area contributed by atoms with Gasteiger partial charge < -0.3 is 5.41 Å². The highest BCUT2D eigenvalue weighted by atomic mass is 14.3. The third-order valence-corrected chi connectivity index (χ3v) is 1.14. The van der Waals surface area contributed by atoms with Gasteiger partial charge in [-0.25, -0.2) is 0 Å². The van der Waals surface area contributed by atoms with E-state index in [9.17, 15) is 0 Å². The van der Waals surface area contributed by atoms with E-state index in [4.69, 9.17) is 5.41 Å². The van der Waals surface area contributed by atoms with E-state index in [1.807, 2.05) is 13.8 Å². The highest BCUT2D eigenvalue weighted by molar-refractivity contribution is 5.76. The summed E-state index contributed by atoms with van der Waals surface area (Å²) in [5.74, 6) is 0. The molecule has 1 heteroatoms. The van der Waals surface area contributed by atoms with Crippen LogP contribution in [0.15, 0.2) is 23.8 Å². The molecule has 0 amide bonds. The van der Waals surface area contributed by atoms with Crippen LogP contribution in [0.2, 0.25) is 0 Å². The molecule has 0 spiro atoms. The van der Waals surface area contributed by atoms with Crippen LogP contribution in [0.4, 0.5) is 0 Å². The molecule has 0 unspecified atom stereocenters. The van der Waals surface area contributed by atoms with Crippen LogP contribution in [0.1, 0.15) is 13.8 Å². The Morgan fingerprint density at radius 1 is 1.38 bits per heavy atom. The molecule has 44 valence electrons. The van der Waals surface area contributed by atoms with Crippen LogP contribution >= 0.6 is 0 Å². The lowest BCUT2D eigenvalue weighted by atomic mass is 10.2. The van der Waals surface area contributed by atoms with Crippen LogP contribution in [0.25, 0.3) is 0 Å². The molecule has 0 aliphatic rings. The predicted molar refractivity (Wildman–Crippen MR) is 37.4 cm³/mol. The Kier molecular flexibility index (Phi) is 2.85. The molecule has 0 rings (SSSR count). The zero-order valence-electron chi connectivity index (χ0n) is 5.36. The van der Waals surface area contributed by atoms with E-state index < -0.39 is 0 Å². The van der Waals surface area contributed by atoms with Gasteiger partial charge in [-0.15, -0.1) is 0 Å². The van der Waals surface area contributed by atoms with Crippen molar-refractivity contribution in [3.63, 3.8) is 0 Å². The van der Waals surface area contributed by atoms with Gasteiger partial charge in [-0.2, -0.15) is 0 Å². The molecule has 0 fully saturated rings. The minimum atomic E-state index is 0.972. The SMILES string of the molecule is C=C/C(C)=C(\C)C=N. The molecule has 0 aromatic rings. The van der Waals surface area contributed by atoms with E-state index in [0.29, 0.717) is 0 Å². The molecule has 0 aliphatic carbocycles. The Morgan fingerprint density at radius 2 is 1.88 bits per heavy atom. The molecule has 1 nitrogen and oxygen atoms in total. The second-order valence-corrected chi connectivity index (χ2v) is 1.71. The Labute approximate surface area is 50.2 Å². The quantitative estimate of drug-likeness (QED) is 0.415. The minimum absolute atomic E-state index is 0.972. The lowest BCUT2D eigenvalue weighted by molar-refractivity contribution is 1.40. The van der Waals surface area contributed by atoms with Crippen LogP contribution in [-0.2, 0) is 0 Å². The fraction of sp³-hybridized carbons (Fsp3) is 0.286. The van der Waals surface area contributed by atoms with E-state index in [0.717, 1.165) is 11.1 Å². The maximum absolute atomic E-state index is 6.81. The lowest BCUT2D eigenvalue weighted by Gasteiger charge is -1.91. The van der Waals surface area contributed by atoms with E-state index >= 15 is 0 Å². The molecule has 0 bridgehead atoms. The van der Waals surface area contributed by atoms with Gasteiger partial charge >= 0.3 is 0 Å². The summed E-state index contributed by atoms with van der Waals surface area (Å²) in [6.45, 7) is 7.40. The van der Waals surface area contributed by atoms with Gasteiger partial charge in [0.05, 0.1) is 0 Å². The van der Waals surface area contributed by atoms with Crippen LogP contribution in [-0.4, -0.2) is 6.21 Å². The zero-order valence-corrected chi connectivity index (χ0v) is 5.36. The van der Waals surface area contributed by atoms with Crippen LogP contribution in [0.3, 0.4) is 0 Å². The maximum Gasteiger partial charge on any atom is 0.0209 e.